The molecule has 2 aromatic rings. The minimum absolute atomic E-state index is 0.0420. The van der Waals surface area contributed by atoms with Crippen molar-refractivity contribution in [1.82, 2.24) is 9.80 Å². The van der Waals surface area contributed by atoms with Gasteiger partial charge in [0, 0.05) is 38.2 Å². The Labute approximate surface area is 160 Å². The highest BCUT2D eigenvalue weighted by molar-refractivity contribution is 5.94. The van der Waals surface area contributed by atoms with Crippen molar-refractivity contribution in [2.24, 2.45) is 0 Å². The molecule has 0 saturated carbocycles. The van der Waals surface area contributed by atoms with Crippen LogP contribution in [0.5, 0.6) is 5.75 Å². The van der Waals surface area contributed by atoms with Crippen molar-refractivity contribution >= 4 is 11.8 Å². The fraction of sp³-hybridized carbons (Fsp3) is 0.364. The minimum Gasteiger partial charge on any atom is -0.497 e. The average molecular weight is 366 g/mol. The SMILES string of the molecule is COc1ccc(CCC(=O)N2CCN(C(=O)c3ccc(C)cc3)CC2)cc1. The highest BCUT2D eigenvalue weighted by Gasteiger charge is 2.24. The molecule has 142 valence electrons. The molecule has 0 radical (unpaired) electrons. The van der Waals surface area contributed by atoms with E-state index in [1.807, 2.05) is 65.3 Å². The van der Waals surface area contributed by atoms with Gasteiger partial charge in [-0.2, -0.15) is 0 Å². The number of benzene rings is 2. The molecule has 0 unspecified atom stereocenters. The number of piperazine rings is 1. The zero-order valence-corrected chi connectivity index (χ0v) is 16.0. The molecule has 0 atom stereocenters. The smallest absolute Gasteiger partial charge is 0.253 e. The van der Waals surface area contributed by atoms with Crippen molar-refractivity contribution in [1.29, 1.82) is 0 Å². The van der Waals surface area contributed by atoms with Crippen LogP contribution in [0.1, 0.15) is 27.9 Å². The number of nitrogens with zero attached hydrogens (tertiary/aromatic N) is 2. The average Bonchev–Trinajstić information content (AvgIpc) is 2.72. The Morgan fingerprint density at radius 3 is 2.07 bits per heavy atom. The van der Waals surface area contributed by atoms with Crippen LogP contribution in [0.25, 0.3) is 0 Å². The van der Waals surface area contributed by atoms with E-state index in [-0.39, 0.29) is 11.8 Å². The second-order valence-corrected chi connectivity index (χ2v) is 6.89. The van der Waals surface area contributed by atoms with Crippen LogP contribution < -0.4 is 4.74 Å². The molecule has 0 N–H and O–H groups in total. The summed E-state index contributed by atoms with van der Waals surface area (Å²) in [4.78, 5) is 28.7. The topological polar surface area (TPSA) is 49.9 Å². The van der Waals surface area contributed by atoms with E-state index in [2.05, 4.69) is 0 Å². The van der Waals surface area contributed by atoms with Crippen LogP contribution in [0.3, 0.4) is 0 Å². The minimum atomic E-state index is 0.0420. The lowest BCUT2D eigenvalue weighted by Crippen LogP contribution is -2.50. The summed E-state index contributed by atoms with van der Waals surface area (Å²) in [6.45, 7) is 4.37. The van der Waals surface area contributed by atoms with E-state index >= 15 is 0 Å². The summed E-state index contributed by atoms with van der Waals surface area (Å²) in [5, 5.41) is 0. The third-order valence-electron chi connectivity index (χ3n) is 5.00. The van der Waals surface area contributed by atoms with Crippen LogP contribution in [-0.4, -0.2) is 54.9 Å². The molecule has 1 aliphatic rings. The van der Waals surface area contributed by atoms with E-state index in [9.17, 15) is 9.59 Å². The van der Waals surface area contributed by atoms with Crippen molar-refractivity contribution in [3.8, 4) is 5.75 Å². The maximum atomic E-state index is 12.6. The van der Waals surface area contributed by atoms with Gasteiger partial charge in [0.2, 0.25) is 5.91 Å². The van der Waals surface area contributed by atoms with E-state index in [0.29, 0.717) is 44.6 Å². The molecular weight excluding hydrogens is 340 g/mol. The highest BCUT2D eigenvalue weighted by Crippen LogP contribution is 2.14. The van der Waals surface area contributed by atoms with E-state index < -0.39 is 0 Å². The van der Waals surface area contributed by atoms with Crippen molar-refractivity contribution < 1.29 is 14.3 Å². The molecule has 0 bridgehead atoms. The zero-order valence-electron chi connectivity index (χ0n) is 16.0. The summed E-state index contributed by atoms with van der Waals surface area (Å²) in [6, 6.07) is 15.4. The molecule has 1 fully saturated rings. The largest absolute Gasteiger partial charge is 0.497 e. The monoisotopic (exact) mass is 366 g/mol. The van der Waals surface area contributed by atoms with Gasteiger partial charge in [0.15, 0.2) is 0 Å². The van der Waals surface area contributed by atoms with Gasteiger partial charge in [-0.1, -0.05) is 29.8 Å². The van der Waals surface area contributed by atoms with Crippen molar-refractivity contribution in [2.45, 2.75) is 19.8 Å². The van der Waals surface area contributed by atoms with Crippen molar-refractivity contribution in [3.05, 3.63) is 65.2 Å². The maximum Gasteiger partial charge on any atom is 0.253 e. The Kier molecular flexibility index (Phi) is 6.12. The number of methoxy groups -OCH3 is 1. The summed E-state index contributed by atoms with van der Waals surface area (Å²) in [5.74, 6) is 1.01. The first-order valence-electron chi connectivity index (χ1n) is 9.33. The Hall–Kier alpha value is -2.82. The van der Waals surface area contributed by atoms with Gasteiger partial charge in [-0.25, -0.2) is 0 Å². The molecule has 3 rings (SSSR count). The van der Waals surface area contributed by atoms with Gasteiger partial charge < -0.3 is 14.5 Å². The van der Waals surface area contributed by atoms with Crippen LogP contribution in [0, 0.1) is 6.92 Å². The van der Waals surface area contributed by atoms with Crippen molar-refractivity contribution in [2.75, 3.05) is 33.3 Å². The Morgan fingerprint density at radius 1 is 0.889 bits per heavy atom. The number of rotatable bonds is 5. The fourth-order valence-corrected chi connectivity index (χ4v) is 3.24. The summed E-state index contributed by atoms with van der Waals surface area (Å²) < 4.78 is 5.15. The lowest BCUT2D eigenvalue weighted by atomic mass is 10.1. The quantitative estimate of drug-likeness (QED) is 0.818. The number of carbonyl (C=O) groups is 2. The molecule has 0 aromatic heterocycles. The molecule has 5 heteroatoms. The van der Waals surface area contributed by atoms with Crippen LogP contribution in [0.4, 0.5) is 0 Å². The van der Waals surface area contributed by atoms with Gasteiger partial charge in [0.05, 0.1) is 7.11 Å². The first-order chi connectivity index (χ1) is 13.1. The fourth-order valence-electron chi connectivity index (χ4n) is 3.24. The van der Waals surface area contributed by atoms with E-state index in [1.165, 1.54) is 0 Å². The summed E-state index contributed by atoms with van der Waals surface area (Å²) in [5.41, 5.74) is 2.97. The Balaban J connectivity index is 1.47. The van der Waals surface area contributed by atoms with Gasteiger partial charge >= 0.3 is 0 Å². The number of hydrogen-bond donors (Lipinski definition) is 0. The van der Waals surface area contributed by atoms with Crippen LogP contribution >= 0.6 is 0 Å². The van der Waals surface area contributed by atoms with Gasteiger partial charge in [0.1, 0.15) is 5.75 Å². The lowest BCUT2D eigenvalue weighted by Gasteiger charge is -2.35. The molecule has 5 nitrogen and oxygen atoms in total. The van der Waals surface area contributed by atoms with Gasteiger partial charge in [-0.3, -0.25) is 9.59 Å². The second-order valence-electron chi connectivity index (χ2n) is 6.89. The molecule has 2 aromatic carbocycles. The highest BCUT2D eigenvalue weighted by atomic mass is 16.5. The molecular formula is C22H26N2O3. The number of ether oxygens (including phenoxy) is 1. The van der Waals surface area contributed by atoms with E-state index in [1.54, 1.807) is 7.11 Å². The zero-order chi connectivity index (χ0) is 19.2. The molecule has 1 heterocycles. The van der Waals surface area contributed by atoms with Gasteiger partial charge in [-0.05, 0) is 43.2 Å². The Bertz CT molecular complexity index is 776. The first-order valence-corrected chi connectivity index (χ1v) is 9.33. The Morgan fingerprint density at radius 2 is 1.48 bits per heavy atom. The molecule has 2 amide bonds. The normalized spacial score (nSPS) is 14.1. The van der Waals surface area contributed by atoms with Crippen LogP contribution in [-0.2, 0) is 11.2 Å². The van der Waals surface area contributed by atoms with Gasteiger partial charge in [-0.15, -0.1) is 0 Å². The van der Waals surface area contributed by atoms with Crippen LogP contribution in [0.15, 0.2) is 48.5 Å². The number of carbonyl (C=O) groups excluding carboxylic acids is 2. The van der Waals surface area contributed by atoms with E-state index in [0.717, 1.165) is 16.9 Å². The van der Waals surface area contributed by atoms with E-state index in [4.69, 9.17) is 4.74 Å². The molecule has 27 heavy (non-hydrogen) atoms. The van der Waals surface area contributed by atoms with Gasteiger partial charge in [0.25, 0.3) is 5.91 Å². The molecule has 1 aliphatic heterocycles. The maximum absolute atomic E-state index is 12.6. The van der Waals surface area contributed by atoms with Crippen molar-refractivity contribution in [3.63, 3.8) is 0 Å². The summed E-state index contributed by atoms with van der Waals surface area (Å²) in [7, 11) is 1.64. The first kappa shape index (κ1) is 19.0. The molecule has 0 spiro atoms. The summed E-state index contributed by atoms with van der Waals surface area (Å²) >= 11 is 0. The number of aryl methyl sites for hydroxylation is 2. The predicted molar refractivity (Wildman–Crippen MR) is 105 cm³/mol. The third kappa shape index (κ3) is 4.88. The summed E-state index contributed by atoms with van der Waals surface area (Å²) in [6.07, 6.45) is 1.20. The lowest BCUT2D eigenvalue weighted by molar-refractivity contribution is -0.132. The second kappa shape index (κ2) is 8.71. The predicted octanol–water partition coefficient (Wildman–Crippen LogP) is 2.92. The standard InChI is InChI=1S/C22H26N2O3/c1-17-3-8-19(9-4-17)22(26)24-15-13-23(14-16-24)21(25)12-7-18-5-10-20(27-2)11-6-18/h3-6,8-11H,7,12-16H2,1-2H3. The molecule has 0 aliphatic carbocycles. The number of hydrogen-bond acceptors (Lipinski definition) is 3. The molecule has 1 saturated heterocycles. The van der Waals surface area contributed by atoms with Crippen LogP contribution in [0.2, 0.25) is 0 Å². The number of amides is 2. The third-order valence-corrected chi connectivity index (χ3v) is 5.00.